The molecule has 2 aliphatic rings. The van der Waals surface area contributed by atoms with Crippen LogP contribution in [0.1, 0.15) is 0 Å². The van der Waals surface area contributed by atoms with E-state index in [1.54, 1.807) is 0 Å². The highest BCUT2D eigenvalue weighted by Crippen LogP contribution is 2.42. The summed E-state index contributed by atoms with van der Waals surface area (Å²) in [6.45, 7) is -0.285. The van der Waals surface area contributed by atoms with Crippen LogP contribution in [0.4, 0.5) is 0 Å². The van der Waals surface area contributed by atoms with Crippen molar-refractivity contribution in [3.63, 3.8) is 0 Å². The summed E-state index contributed by atoms with van der Waals surface area (Å²) in [6.07, 6.45) is 0. The molecule has 5 heteroatoms. The first-order valence-electron chi connectivity index (χ1n) is 22.3. The molecular formula is C60H40BNO2Si. The molecule has 0 saturated heterocycles. The second kappa shape index (κ2) is 15.0. The zero-order chi connectivity index (χ0) is 42.9. The quantitative estimate of drug-likeness (QED) is 0.118. The Labute approximate surface area is 379 Å². The third-order valence-electron chi connectivity index (χ3n) is 13.6. The first kappa shape index (κ1) is 37.4. The fourth-order valence-electron chi connectivity index (χ4n) is 10.7. The Morgan fingerprint density at radius 3 is 1.55 bits per heavy atom. The third-order valence-corrected chi connectivity index (χ3v) is 18.4. The summed E-state index contributed by atoms with van der Waals surface area (Å²) < 4.78 is 16.2. The first-order chi connectivity index (χ1) is 32.2. The van der Waals surface area contributed by atoms with E-state index in [1.807, 2.05) is 0 Å². The van der Waals surface area contributed by atoms with E-state index in [9.17, 15) is 0 Å². The molecule has 3 heterocycles. The molecule has 10 aromatic carbocycles. The van der Waals surface area contributed by atoms with Crippen LogP contribution in [0.3, 0.4) is 0 Å². The number of fused-ring (bicyclic) bond motifs is 7. The van der Waals surface area contributed by atoms with E-state index in [1.165, 1.54) is 48.1 Å². The summed E-state index contributed by atoms with van der Waals surface area (Å²) in [4.78, 5) is 0. The van der Waals surface area contributed by atoms with Crippen molar-refractivity contribution in [3.8, 4) is 56.3 Å². The van der Waals surface area contributed by atoms with Crippen LogP contribution in [0.25, 0.3) is 60.9 Å². The lowest BCUT2D eigenvalue weighted by Gasteiger charge is -2.35. The molecule has 0 bridgehead atoms. The largest absolute Gasteiger partial charge is 0.551 e. The van der Waals surface area contributed by atoms with E-state index in [4.69, 9.17) is 9.39 Å². The van der Waals surface area contributed by atoms with Crippen molar-refractivity contribution >= 4 is 68.5 Å². The van der Waals surface area contributed by atoms with Crippen molar-refractivity contribution in [2.45, 2.75) is 0 Å². The average Bonchev–Trinajstić information content (AvgIpc) is 3.72. The molecule has 0 spiro atoms. The molecule has 11 aromatic rings. The summed E-state index contributed by atoms with van der Waals surface area (Å²) in [7, 11) is -2.70. The normalized spacial score (nSPS) is 12.5. The van der Waals surface area contributed by atoms with Gasteiger partial charge in [-0.3, -0.25) is 0 Å². The Kier molecular flexibility index (Phi) is 8.65. The smallest absolute Gasteiger partial charge is 0.434 e. The second-order valence-electron chi connectivity index (χ2n) is 17.1. The lowest BCUT2D eigenvalue weighted by atomic mass is 9.51. The van der Waals surface area contributed by atoms with Crippen LogP contribution in [0.15, 0.2) is 243 Å². The van der Waals surface area contributed by atoms with Crippen LogP contribution in [0.2, 0.25) is 0 Å². The molecule has 0 N–H and O–H groups in total. The molecule has 13 rings (SSSR count). The first-order valence-corrected chi connectivity index (χ1v) is 24.3. The summed E-state index contributed by atoms with van der Waals surface area (Å²) >= 11 is 0. The Balaban J connectivity index is 0.851. The second-order valence-corrected chi connectivity index (χ2v) is 20.9. The van der Waals surface area contributed by atoms with Crippen molar-refractivity contribution in [2.24, 2.45) is 0 Å². The zero-order valence-electron chi connectivity index (χ0n) is 35.4. The topological polar surface area (TPSA) is 23.4 Å². The minimum Gasteiger partial charge on any atom is -0.551 e. The van der Waals surface area contributed by atoms with Gasteiger partial charge in [0.2, 0.25) is 0 Å². The maximum absolute atomic E-state index is 7.01. The van der Waals surface area contributed by atoms with Gasteiger partial charge in [0.05, 0.1) is 11.0 Å². The van der Waals surface area contributed by atoms with Crippen molar-refractivity contribution in [2.75, 3.05) is 0 Å². The number of aromatic nitrogens is 1. The van der Waals surface area contributed by atoms with E-state index in [-0.39, 0.29) is 6.92 Å². The van der Waals surface area contributed by atoms with Crippen LogP contribution in [0, 0.1) is 0 Å². The van der Waals surface area contributed by atoms with Gasteiger partial charge in [-0.2, -0.15) is 0 Å². The highest BCUT2D eigenvalue weighted by molar-refractivity contribution is 7.19. The van der Waals surface area contributed by atoms with Gasteiger partial charge in [0, 0.05) is 32.9 Å². The molecule has 0 aliphatic carbocycles. The monoisotopic (exact) mass is 845 g/mol. The SMILES string of the molecule is c1ccc([Si](c2ccccc2)(c2ccccc2)c2cccc(-c3ccc4c(c3)-c3cccc5c3B(O4)c3ccc(-c4ccc(-n6c7ccccc7c7ccccc76)cc4)cc3O5)c2)cc1. The predicted molar refractivity (Wildman–Crippen MR) is 273 cm³/mol. The van der Waals surface area contributed by atoms with Crippen molar-refractivity contribution in [1.82, 2.24) is 4.57 Å². The number of hydrogen-bond acceptors (Lipinski definition) is 2. The van der Waals surface area contributed by atoms with Gasteiger partial charge in [0.1, 0.15) is 17.2 Å². The van der Waals surface area contributed by atoms with E-state index in [2.05, 4.69) is 247 Å². The molecule has 65 heavy (non-hydrogen) atoms. The Morgan fingerprint density at radius 1 is 0.354 bits per heavy atom. The molecule has 1 aromatic heterocycles. The van der Waals surface area contributed by atoms with Gasteiger partial charge in [-0.1, -0.05) is 194 Å². The van der Waals surface area contributed by atoms with Gasteiger partial charge in [-0.15, -0.1) is 0 Å². The highest BCUT2D eigenvalue weighted by Gasteiger charge is 2.42. The van der Waals surface area contributed by atoms with Gasteiger partial charge in [0.15, 0.2) is 8.07 Å². The van der Waals surface area contributed by atoms with Gasteiger partial charge in [-0.25, -0.2) is 0 Å². The molecule has 0 fully saturated rings. The van der Waals surface area contributed by atoms with Gasteiger partial charge in [-0.05, 0) is 97.1 Å². The molecule has 3 nitrogen and oxygen atoms in total. The number of benzene rings is 10. The summed E-state index contributed by atoms with van der Waals surface area (Å²) in [5.74, 6) is 2.53. The lowest BCUT2D eigenvalue weighted by molar-refractivity contribution is 0.479. The van der Waals surface area contributed by atoms with Crippen LogP contribution < -0.4 is 41.1 Å². The number of para-hydroxylation sites is 2. The van der Waals surface area contributed by atoms with Gasteiger partial charge < -0.3 is 14.0 Å². The number of rotatable bonds is 7. The third kappa shape index (κ3) is 5.90. The minimum atomic E-state index is -2.70. The van der Waals surface area contributed by atoms with E-state index in [0.29, 0.717) is 0 Å². The molecule has 0 radical (unpaired) electrons. The molecule has 2 aliphatic heterocycles. The summed E-state index contributed by atoms with van der Waals surface area (Å²) in [6, 6.07) is 88.3. The average molecular weight is 846 g/mol. The molecule has 0 atom stereocenters. The number of ether oxygens (including phenoxy) is 1. The van der Waals surface area contributed by atoms with Crippen molar-refractivity contribution in [1.29, 1.82) is 0 Å². The predicted octanol–water partition coefficient (Wildman–Crippen LogP) is 10.8. The van der Waals surface area contributed by atoms with Crippen LogP contribution in [-0.4, -0.2) is 19.6 Å². The van der Waals surface area contributed by atoms with Gasteiger partial charge >= 0.3 is 6.92 Å². The van der Waals surface area contributed by atoms with E-state index >= 15 is 0 Å². The maximum Gasteiger partial charge on any atom is 0.434 e. The number of nitrogens with zero attached hydrogens (tertiary/aromatic N) is 1. The fraction of sp³-hybridized carbons (Fsp3) is 0. The van der Waals surface area contributed by atoms with E-state index < -0.39 is 8.07 Å². The molecular weight excluding hydrogens is 806 g/mol. The van der Waals surface area contributed by atoms with Crippen molar-refractivity contribution in [3.05, 3.63) is 243 Å². The zero-order valence-corrected chi connectivity index (χ0v) is 36.4. The highest BCUT2D eigenvalue weighted by atomic mass is 28.3. The Hall–Kier alpha value is -8.12. The molecule has 0 saturated carbocycles. The van der Waals surface area contributed by atoms with Crippen LogP contribution in [-0.2, 0) is 0 Å². The van der Waals surface area contributed by atoms with Crippen LogP contribution in [0.5, 0.6) is 17.2 Å². The standard InChI is InChI=1S/C60H40BNO2Si/c1-4-17-46(18-5-1)65(47-19-6-2-7-20-47,48-21-8-3-9-22-48)49-23-14-16-42(38-49)43-33-37-57-53(39-43)52-26-15-29-58-60(52)61(64-57)54-36-32-44(40-59(54)63-58)41-30-34-45(35-31-41)62-55-27-12-10-24-50(55)51-25-11-13-28-56(51)62/h1-40H. The van der Waals surface area contributed by atoms with Crippen molar-refractivity contribution < 1.29 is 9.39 Å². The maximum atomic E-state index is 7.01. The molecule has 304 valence electrons. The van der Waals surface area contributed by atoms with Gasteiger partial charge in [0.25, 0.3) is 0 Å². The minimum absolute atomic E-state index is 0.285. The summed E-state index contributed by atoms with van der Waals surface area (Å²) in [5.41, 5.74) is 12.4. The summed E-state index contributed by atoms with van der Waals surface area (Å²) in [5, 5.41) is 7.93. The van der Waals surface area contributed by atoms with E-state index in [0.717, 1.165) is 61.7 Å². The molecule has 0 unspecified atom stereocenters. The Bertz CT molecular complexity index is 3460. The van der Waals surface area contributed by atoms with Crippen LogP contribution >= 0.6 is 0 Å². The lowest BCUT2D eigenvalue weighted by Crippen LogP contribution is -2.74. The fourth-order valence-corrected chi connectivity index (χ4v) is 15.5. The Morgan fingerprint density at radius 2 is 0.892 bits per heavy atom. The molecule has 0 amide bonds. The number of hydrogen-bond donors (Lipinski definition) is 0.